The van der Waals surface area contributed by atoms with Crippen molar-refractivity contribution in [2.75, 3.05) is 0 Å². The summed E-state index contributed by atoms with van der Waals surface area (Å²) >= 11 is 0. The minimum Gasteiger partial charge on any atom is -0.489 e. The molecule has 0 bridgehead atoms. The van der Waals surface area contributed by atoms with Crippen molar-refractivity contribution in [3.8, 4) is 5.75 Å². The summed E-state index contributed by atoms with van der Waals surface area (Å²) in [6.45, 7) is 1.96. The maximum Gasteiger partial charge on any atom is 0.252 e. The van der Waals surface area contributed by atoms with Crippen LogP contribution in [0.2, 0.25) is 0 Å². The van der Waals surface area contributed by atoms with Gasteiger partial charge in [0.25, 0.3) is 5.91 Å². The molecule has 2 fully saturated rings. The Balaban J connectivity index is 1.41. The summed E-state index contributed by atoms with van der Waals surface area (Å²) in [6.07, 6.45) is 3.94. The number of nitrogens with two attached hydrogens (primary N) is 1. The first-order chi connectivity index (χ1) is 14.1. The lowest BCUT2D eigenvalue weighted by Crippen LogP contribution is -2.47. The third-order valence-electron chi connectivity index (χ3n) is 6.41. The topological polar surface area (TPSA) is 64.3 Å². The summed E-state index contributed by atoms with van der Waals surface area (Å²) in [6, 6.07) is 20.5. The second-order valence-corrected chi connectivity index (χ2v) is 8.44. The zero-order chi connectivity index (χ0) is 20.0. The molecule has 4 heteroatoms. The van der Waals surface area contributed by atoms with Crippen LogP contribution in [0.4, 0.5) is 0 Å². The molecule has 0 saturated heterocycles. The van der Waals surface area contributed by atoms with Crippen molar-refractivity contribution in [1.29, 1.82) is 0 Å². The number of benzene rings is 3. The molecule has 3 aromatic rings. The van der Waals surface area contributed by atoms with E-state index < -0.39 is 0 Å². The number of ether oxygens (including phenoxy) is 1. The van der Waals surface area contributed by atoms with Crippen molar-refractivity contribution in [1.82, 2.24) is 5.32 Å². The number of amides is 1. The molecule has 3 aromatic carbocycles. The molecule has 2 atom stereocenters. The van der Waals surface area contributed by atoms with E-state index in [0.717, 1.165) is 37.0 Å². The summed E-state index contributed by atoms with van der Waals surface area (Å²) < 4.78 is 5.99. The third kappa shape index (κ3) is 3.28. The van der Waals surface area contributed by atoms with Crippen molar-refractivity contribution in [2.24, 2.45) is 5.73 Å². The van der Waals surface area contributed by atoms with Crippen molar-refractivity contribution < 1.29 is 9.53 Å². The SMILES string of the molecule is Cc1ccc(OC2CCC2N)cc1C(=O)NC1(c2cccc3ccccc23)CC1. The Morgan fingerprint density at radius 2 is 1.86 bits per heavy atom. The number of rotatable bonds is 5. The number of hydrogen-bond acceptors (Lipinski definition) is 3. The quantitative estimate of drug-likeness (QED) is 0.681. The molecule has 1 amide bonds. The fourth-order valence-corrected chi connectivity index (χ4v) is 4.25. The van der Waals surface area contributed by atoms with Gasteiger partial charge in [0.2, 0.25) is 0 Å². The molecule has 2 aliphatic carbocycles. The maximum absolute atomic E-state index is 13.2. The summed E-state index contributed by atoms with van der Waals surface area (Å²) in [5.74, 6) is 0.673. The smallest absolute Gasteiger partial charge is 0.252 e. The number of fused-ring (bicyclic) bond motifs is 1. The average Bonchev–Trinajstić information content (AvgIpc) is 3.51. The van der Waals surface area contributed by atoms with Crippen molar-refractivity contribution >= 4 is 16.7 Å². The lowest BCUT2D eigenvalue weighted by atomic mass is 9.90. The summed E-state index contributed by atoms with van der Waals surface area (Å²) in [4.78, 5) is 13.2. The predicted octanol–water partition coefficient (Wildman–Crippen LogP) is 4.44. The number of carbonyl (C=O) groups excluding carboxylic acids is 1. The Labute approximate surface area is 171 Å². The Bertz CT molecular complexity index is 1080. The van der Waals surface area contributed by atoms with E-state index in [4.69, 9.17) is 10.5 Å². The van der Waals surface area contributed by atoms with Gasteiger partial charge in [-0.05, 0) is 66.6 Å². The Morgan fingerprint density at radius 3 is 2.59 bits per heavy atom. The standard InChI is InChI=1S/C25H26N2O2/c1-16-9-10-18(29-23-12-11-22(23)26)15-20(16)24(28)27-25(13-14-25)21-8-4-6-17-5-2-3-7-19(17)21/h2-10,15,22-23H,11-14,26H2,1H3,(H,27,28). The molecule has 0 spiro atoms. The van der Waals surface area contributed by atoms with Crippen LogP contribution in [0.3, 0.4) is 0 Å². The monoisotopic (exact) mass is 386 g/mol. The van der Waals surface area contributed by atoms with Gasteiger partial charge in [-0.15, -0.1) is 0 Å². The van der Waals surface area contributed by atoms with Crippen LogP contribution in [0, 0.1) is 6.92 Å². The predicted molar refractivity (Wildman–Crippen MR) is 115 cm³/mol. The highest BCUT2D eigenvalue weighted by atomic mass is 16.5. The highest BCUT2D eigenvalue weighted by Gasteiger charge is 2.46. The summed E-state index contributed by atoms with van der Waals surface area (Å²) in [5.41, 5.74) is 8.53. The van der Waals surface area contributed by atoms with E-state index in [1.165, 1.54) is 16.3 Å². The van der Waals surface area contributed by atoms with E-state index >= 15 is 0 Å². The Hall–Kier alpha value is -2.85. The van der Waals surface area contributed by atoms with E-state index in [0.29, 0.717) is 5.56 Å². The summed E-state index contributed by atoms with van der Waals surface area (Å²) in [5, 5.41) is 5.74. The van der Waals surface area contributed by atoms with Crippen molar-refractivity contribution in [3.05, 3.63) is 77.4 Å². The molecule has 0 aliphatic heterocycles. The molecular weight excluding hydrogens is 360 g/mol. The van der Waals surface area contributed by atoms with Gasteiger partial charge in [0.1, 0.15) is 11.9 Å². The van der Waals surface area contributed by atoms with Gasteiger partial charge in [-0.2, -0.15) is 0 Å². The largest absolute Gasteiger partial charge is 0.489 e. The lowest BCUT2D eigenvalue weighted by molar-refractivity contribution is 0.0904. The van der Waals surface area contributed by atoms with Gasteiger partial charge in [0.05, 0.1) is 5.54 Å². The summed E-state index contributed by atoms with van der Waals surface area (Å²) in [7, 11) is 0. The first kappa shape index (κ1) is 18.2. The molecule has 5 rings (SSSR count). The first-order valence-corrected chi connectivity index (χ1v) is 10.4. The van der Waals surface area contributed by atoms with Gasteiger partial charge in [0, 0.05) is 11.6 Å². The van der Waals surface area contributed by atoms with E-state index in [1.54, 1.807) is 0 Å². The normalized spacial score (nSPS) is 22.0. The third-order valence-corrected chi connectivity index (χ3v) is 6.41. The van der Waals surface area contributed by atoms with Gasteiger partial charge in [-0.1, -0.05) is 48.5 Å². The zero-order valence-electron chi connectivity index (χ0n) is 16.7. The van der Waals surface area contributed by atoms with Crippen LogP contribution in [-0.4, -0.2) is 18.1 Å². The van der Waals surface area contributed by atoms with Crippen molar-refractivity contribution in [3.63, 3.8) is 0 Å². The van der Waals surface area contributed by atoms with Crippen LogP contribution < -0.4 is 15.8 Å². The molecule has 2 saturated carbocycles. The highest BCUT2D eigenvalue weighted by molar-refractivity contribution is 5.97. The number of aryl methyl sites for hydroxylation is 1. The Morgan fingerprint density at radius 1 is 1.07 bits per heavy atom. The molecule has 2 unspecified atom stereocenters. The van der Waals surface area contributed by atoms with Crippen molar-refractivity contribution in [2.45, 2.75) is 50.3 Å². The number of hydrogen-bond donors (Lipinski definition) is 2. The average molecular weight is 386 g/mol. The van der Waals surface area contributed by atoms with Crippen LogP contribution in [0.1, 0.15) is 47.2 Å². The molecule has 3 N–H and O–H groups in total. The fourth-order valence-electron chi connectivity index (χ4n) is 4.25. The highest BCUT2D eigenvalue weighted by Crippen LogP contribution is 2.48. The lowest BCUT2D eigenvalue weighted by Gasteiger charge is -2.33. The van der Waals surface area contributed by atoms with Gasteiger partial charge in [-0.3, -0.25) is 4.79 Å². The van der Waals surface area contributed by atoms with Crippen LogP contribution in [0.5, 0.6) is 5.75 Å². The molecule has 0 radical (unpaired) electrons. The molecule has 0 aromatic heterocycles. The van der Waals surface area contributed by atoms with E-state index in [2.05, 4.69) is 41.7 Å². The van der Waals surface area contributed by atoms with Gasteiger partial charge in [0.15, 0.2) is 0 Å². The zero-order valence-corrected chi connectivity index (χ0v) is 16.7. The van der Waals surface area contributed by atoms with Crippen LogP contribution >= 0.6 is 0 Å². The minimum absolute atomic E-state index is 0.0451. The number of nitrogens with one attached hydrogen (secondary N) is 1. The Kier molecular flexibility index (Phi) is 4.32. The van der Waals surface area contributed by atoms with Crippen LogP contribution in [-0.2, 0) is 5.54 Å². The molecular formula is C25H26N2O2. The van der Waals surface area contributed by atoms with Gasteiger partial charge in [-0.25, -0.2) is 0 Å². The molecule has 0 heterocycles. The second-order valence-electron chi connectivity index (χ2n) is 8.44. The molecule has 2 aliphatic rings. The maximum atomic E-state index is 13.2. The molecule has 29 heavy (non-hydrogen) atoms. The van der Waals surface area contributed by atoms with Gasteiger partial charge < -0.3 is 15.8 Å². The van der Waals surface area contributed by atoms with Gasteiger partial charge >= 0.3 is 0 Å². The van der Waals surface area contributed by atoms with Crippen LogP contribution in [0.25, 0.3) is 10.8 Å². The first-order valence-electron chi connectivity index (χ1n) is 10.4. The van der Waals surface area contributed by atoms with E-state index in [9.17, 15) is 4.79 Å². The van der Waals surface area contributed by atoms with Crippen LogP contribution in [0.15, 0.2) is 60.7 Å². The molecule has 4 nitrogen and oxygen atoms in total. The second kappa shape index (κ2) is 6.89. The fraction of sp³-hybridized carbons (Fsp3) is 0.320. The number of carbonyl (C=O) groups is 1. The van der Waals surface area contributed by atoms with E-state index in [1.807, 2.05) is 31.2 Å². The minimum atomic E-state index is -0.280. The van der Waals surface area contributed by atoms with E-state index in [-0.39, 0.29) is 23.6 Å². The molecule has 148 valence electrons.